The molecular formula is C12H15NO. The van der Waals surface area contributed by atoms with Crippen LogP contribution in [-0.4, -0.2) is 6.61 Å². The van der Waals surface area contributed by atoms with Gasteiger partial charge >= 0.3 is 0 Å². The van der Waals surface area contributed by atoms with E-state index in [9.17, 15) is 0 Å². The van der Waals surface area contributed by atoms with Crippen LogP contribution in [0, 0.1) is 25.2 Å². The largest absolute Gasteiger partial charge is 0.493 e. The molecule has 0 spiro atoms. The summed E-state index contributed by atoms with van der Waals surface area (Å²) >= 11 is 0. The number of hydrogen-bond donors (Lipinski definition) is 0. The summed E-state index contributed by atoms with van der Waals surface area (Å²) in [5.41, 5.74) is 2.73. The Morgan fingerprint density at radius 3 is 2.57 bits per heavy atom. The first-order valence-corrected chi connectivity index (χ1v) is 4.83. The van der Waals surface area contributed by atoms with Gasteiger partial charge in [0.25, 0.3) is 0 Å². The molecule has 0 fully saturated rings. The van der Waals surface area contributed by atoms with Crippen molar-refractivity contribution in [1.82, 2.24) is 0 Å². The Morgan fingerprint density at radius 2 is 2.00 bits per heavy atom. The SMILES string of the molecule is CCCOc1cc(C)c(C#N)cc1C. The average molecular weight is 189 g/mol. The molecule has 0 unspecified atom stereocenters. The molecule has 0 saturated heterocycles. The second-order valence-electron chi connectivity index (χ2n) is 3.39. The molecule has 14 heavy (non-hydrogen) atoms. The molecule has 2 nitrogen and oxygen atoms in total. The second-order valence-corrected chi connectivity index (χ2v) is 3.39. The molecule has 0 bridgehead atoms. The molecule has 0 N–H and O–H groups in total. The molecule has 74 valence electrons. The van der Waals surface area contributed by atoms with Gasteiger partial charge in [-0.3, -0.25) is 0 Å². The smallest absolute Gasteiger partial charge is 0.122 e. The van der Waals surface area contributed by atoms with Crippen molar-refractivity contribution in [3.63, 3.8) is 0 Å². The first-order chi connectivity index (χ1) is 6.69. The molecule has 1 rings (SSSR count). The summed E-state index contributed by atoms with van der Waals surface area (Å²) in [7, 11) is 0. The van der Waals surface area contributed by atoms with Crippen LogP contribution in [0.5, 0.6) is 5.75 Å². The van der Waals surface area contributed by atoms with Gasteiger partial charge in [0.15, 0.2) is 0 Å². The zero-order chi connectivity index (χ0) is 10.6. The Bertz CT molecular complexity index is 363. The summed E-state index contributed by atoms with van der Waals surface area (Å²) in [5.74, 6) is 0.892. The van der Waals surface area contributed by atoms with Gasteiger partial charge in [-0.2, -0.15) is 5.26 Å². The van der Waals surface area contributed by atoms with E-state index in [0.717, 1.165) is 35.5 Å². The summed E-state index contributed by atoms with van der Waals surface area (Å²) in [6.45, 7) is 6.69. The van der Waals surface area contributed by atoms with E-state index >= 15 is 0 Å². The Balaban J connectivity index is 2.98. The summed E-state index contributed by atoms with van der Waals surface area (Å²) in [5, 5.41) is 8.82. The van der Waals surface area contributed by atoms with E-state index in [1.807, 2.05) is 26.0 Å². The van der Waals surface area contributed by atoms with Crippen molar-refractivity contribution < 1.29 is 4.74 Å². The van der Waals surface area contributed by atoms with Gasteiger partial charge in [-0.05, 0) is 43.5 Å². The fraction of sp³-hybridized carbons (Fsp3) is 0.417. The van der Waals surface area contributed by atoms with Gasteiger partial charge in [-0.1, -0.05) is 6.92 Å². The van der Waals surface area contributed by atoms with E-state index < -0.39 is 0 Å². The lowest BCUT2D eigenvalue weighted by atomic mass is 10.1. The Kier molecular flexibility index (Phi) is 3.53. The maximum absolute atomic E-state index is 8.82. The number of rotatable bonds is 3. The minimum Gasteiger partial charge on any atom is -0.493 e. The zero-order valence-corrected chi connectivity index (χ0v) is 8.92. The number of aryl methyl sites for hydroxylation is 2. The highest BCUT2D eigenvalue weighted by molar-refractivity contribution is 5.46. The van der Waals surface area contributed by atoms with E-state index in [1.165, 1.54) is 0 Å². The topological polar surface area (TPSA) is 33.0 Å². The number of nitriles is 1. The number of nitrogens with zero attached hydrogens (tertiary/aromatic N) is 1. The molecule has 0 aliphatic carbocycles. The lowest BCUT2D eigenvalue weighted by Crippen LogP contribution is -1.98. The van der Waals surface area contributed by atoms with Crippen LogP contribution in [0.15, 0.2) is 12.1 Å². The normalized spacial score (nSPS) is 9.57. The fourth-order valence-electron chi connectivity index (χ4n) is 1.28. The first kappa shape index (κ1) is 10.6. The Morgan fingerprint density at radius 1 is 1.29 bits per heavy atom. The highest BCUT2D eigenvalue weighted by Crippen LogP contribution is 2.22. The van der Waals surface area contributed by atoms with Crippen LogP contribution in [0.3, 0.4) is 0 Å². The minimum absolute atomic E-state index is 0.728. The summed E-state index contributed by atoms with van der Waals surface area (Å²) < 4.78 is 5.56. The van der Waals surface area contributed by atoms with E-state index in [1.54, 1.807) is 0 Å². The summed E-state index contributed by atoms with van der Waals surface area (Å²) in [4.78, 5) is 0. The zero-order valence-electron chi connectivity index (χ0n) is 8.92. The van der Waals surface area contributed by atoms with Gasteiger partial charge in [0.1, 0.15) is 5.75 Å². The van der Waals surface area contributed by atoms with Crippen molar-refractivity contribution in [3.8, 4) is 11.8 Å². The molecular weight excluding hydrogens is 174 g/mol. The maximum Gasteiger partial charge on any atom is 0.122 e. The van der Waals surface area contributed by atoms with Gasteiger partial charge in [0, 0.05) is 0 Å². The summed E-state index contributed by atoms with van der Waals surface area (Å²) in [6.07, 6.45) is 0.999. The van der Waals surface area contributed by atoms with Gasteiger partial charge in [-0.15, -0.1) is 0 Å². The van der Waals surface area contributed by atoms with E-state index in [2.05, 4.69) is 13.0 Å². The van der Waals surface area contributed by atoms with E-state index in [0.29, 0.717) is 0 Å². The van der Waals surface area contributed by atoms with E-state index in [4.69, 9.17) is 10.00 Å². The molecule has 0 aliphatic rings. The third kappa shape index (κ3) is 2.26. The van der Waals surface area contributed by atoms with E-state index in [-0.39, 0.29) is 0 Å². The van der Waals surface area contributed by atoms with Crippen LogP contribution in [0.4, 0.5) is 0 Å². The molecule has 0 aromatic heterocycles. The van der Waals surface area contributed by atoms with Crippen LogP contribution in [0.2, 0.25) is 0 Å². The number of ether oxygens (including phenoxy) is 1. The average Bonchev–Trinajstić information content (AvgIpc) is 2.18. The predicted molar refractivity (Wildman–Crippen MR) is 56.4 cm³/mol. The van der Waals surface area contributed by atoms with Crippen molar-refractivity contribution in [1.29, 1.82) is 5.26 Å². The van der Waals surface area contributed by atoms with Crippen molar-refractivity contribution in [3.05, 3.63) is 28.8 Å². The molecule has 0 radical (unpaired) electrons. The molecule has 0 amide bonds. The van der Waals surface area contributed by atoms with Crippen molar-refractivity contribution >= 4 is 0 Å². The van der Waals surface area contributed by atoms with Crippen molar-refractivity contribution in [2.75, 3.05) is 6.61 Å². The molecule has 1 aromatic carbocycles. The molecule has 0 heterocycles. The van der Waals surface area contributed by atoms with Gasteiger partial charge in [0.2, 0.25) is 0 Å². The number of benzene rings is 1. The lowest BCUT2D eigenvalue weighted by Gasteiger charge is -2.09. The third-order valence-electron chi connectivity index (χ3n) is 2.10. The van der Waals surface area contributed by atoms with Crippen LogP contribution in [0.25, 0.3) is 0 Å². The standard InChI is InChI=1S/C12H15NO/c1-4-5-14-12-7-9(2)11(8-13)6-10(12)3/h6-7H,4-5H2,1-3H3. The Hall–Kier alpha value is -1.49. The molecule has 0 saturated carbocycles. The van der Waals surface area contributed by atoms with Gasteiger partial charge in [0.05, 0.1) is 18.2 Å². The number of hydrogen-bond acceptors (Lipinski definition) is 2. The highest BCUT2D eigenvalue weighted by atomic mass is 16.5. The van der Waals surface area contributed by atoms with Crippen LogP contribution in [0.1, 0.15) is 30.0 Å². The first-order valence-electron chi connectivity index (χ1n) is 4.83. The van der Waals surface area contributed by atoms with Crippen molar-refractivity contribution in [2.24, 2.45) is 0 Å². The molecule has 1 aromatic rings. The monoisotopic (exact) mass is 189 g/mol. The van der Waals surface area contributed by atoms with Gasteiger partial charge < -0.3 is 4.74 Å². The van der Waals surface area contributed by atoms with Crippen LogP contribution in [-0.2, 0) is 0 Å². The molecule has 0 atom stereocenters. The predicted octanol–water partition coefficient (Wildman–Crippen LogP) is 2.96. The maximum atomic E-state index is 8.82. The van der Waals surface area contributed by atoms with Crippen LogP contribution >= 0.6 is 0 Å². The summed E-state index contributed by atoms with van der Waals surface area (Å²) in [6, 6.07) is 5.97. The van der Waals surface area contributed by atoms with Gasteiger partial charge in [-0.25, -0.2) is 0 Å². The highest BCUT2D eigenvalue weighted by Gasteiger charge is 2.04. The fourth-order valence-corrected chi connectivity index (χ4v) is 1.28. The molecule has 2 heteroatoms. The van der Waals surface area contributed by atoms with Crippen molar-refractivity contribution in [2.45, 2.75) is 27.2 Å². The Labute approximate surface area is 85.1 Å². The molecule has 0 aliphatic heterocycles. The lowest BCUT2D eigenvalue weighted by molar-refractivity contribution is 0.315. The minimum atomic E-state index is 0.728. The quantitative estimate of drug-likeness (QED) is 0.732. The second kappa shape index (κ2) is 4.66. The van der Waals surface area contributed by atoms with Crippen LogP contribution < -0.4 is 4.74 Å². The third-order valence-corrected chi connectivity index (χ3v) is 2.10.